The summed E-state index contributed by atoms with van der Waals surface area (Å²) in [5, 5.41) is 4.16. The first kappa shape index (κ1) is 14.8. The number of hydrogen-bond acceptors (Lipinski definition) is 5. The Balaban J connectivity index is 2.04. The minimum absolute atomic E-state index is 0.306. The van der Waals surface area contributed by atoms with Crippen molar-refractivity contribution in [1.82, 2.24) is 10.6 Å². The molecular weight excluding hydrogens is 276 g/mol. The maximum Gasteiger partial charge on any atom is 0.328 e. The summed E-state index contributed by atoms with van der Waals surface area (Å²) >= 11 is 0. The van der Waals surface area contributed by atoms with Crippen LogP contribution in [0.4, 0.5) is 4.79 Å². The molecule has 0 atom stereocenters. The van der Waals surface area contributed by atoms with Crippen LogP contribution in [0.3, 0.4) is 0 Å². The van der Waals surface area contributed by atoms with Crippen LogP contribution >= 0.6 is 0 Å². The van der Waals surface area contributed by atoms with E-state index >= 15 is 0 Å². The molecule has 0 aliphatic carbocycles. The van der Waals surface area contributed by atoms with Crippen molar-refractivity contribution < 1.29 is 23.9 Å². The highest BCUT2D eigenvalue weighted by atomic mass is 16.5. The molecule has 7 nitrogen and oxygen atoms in total. The van der Waals surface area contributed by atoms with Crippen LogP contribution < -0.4 is 20.1 Å². The fourth-order valence-electron chi connectivity index (χ4n) is 2.16. The summed E-state index contributed by atoms with van der Waals surface area (Å²) in [4.78, 5) is 34.2. The van der Waals surface area contributed by atoms with Crippen molar-refractivity contribution in [1.29, 1.82) is 0 Å². The molecule has 0 spiro atoms. The summed E-state index contributed by atoms with van der Waals surface area (Å²) in [6.45, 7) is 0. The number of methoxy groups -OCH3 is 2. The van der Waals surface area contributed by atoms with Gasteiger partial charge in [0.15, 0.2) is 11.5 Å². The highest BCUT2D eigenvalue weighted by molar-refractivity contribution is 6.16. The van der Waals surface area contributed by atoms with E-state index in [1.807, 2.05) is 6.07 Å². The molecule has 0 radical (unpaired) electrons. The summed E-state index contributed by atoms with van der Waals surface area (Å²) < 4.78 is 10.3. The van der Waals surface area contributed by atoms with Gasteiger partial charge in [-0.05, 0) is 30.5 Å². The molecule has 4 amide bonds. The van der Waals surface area contributed by atoms with Gasteiger partial charge in [0.1, 0.15) is 5.92 Å². The third kappa shape index (κ3) is 3.31. The zero-order valence-electron chi connectivity index (χ0n) is 11.8. The Morgan fingerprint density at radius 1 is 1.00 bits per heavy atom. The molecule has 1 aromatic carbocycles. The number of carbonyl (C=O) groups is 3. The first-order valence-electron chi connectivity index (χ1n) is 6.41. The molecule has 1 aliphatic heterocycles. The van der Waals surface area contributed by atoms with Gasteiger partial charge in [-0.2, -0.15) is 0 Å². The van der Waals surface area contributed by atoms with Gasteiger partial charge in [-0.25, -0.2) is 4.79 Å². The molecule has 1 saturated heterocycles. The number of barbiturate groups is 1. The number of amides is 4. The van der Waals surface area contributed by atoms with Crippen LogP contribution in [0.15, 0.2) is 18.2 Å². The zero-order chi connectivity index (χ0) is 15.4. The van der Waals surface area contributed by atoms with Gasteiger partial charge < -0.3 is 9.47 Å². The standard InChI is InChI=1S/C14H16N2O5/c1-20-10-6-4-8(7-11(10)21-2)3-5-9-12(17)15-14(19)16-13(9)18/h4,6-7,9H,3,5H2,1-2H3,(H2,15,16,17,18,19). The first-order chi connectivity index (χ1) is 10.0. The average molecular weight is 292 g/mol. The van der Waals surface area contributed by atoms with E-state index in [1.54, 1.807) is 19.2 Å². The second kappa shape index (κ2) is 6.25. The second-order valence-corrected chi connectivity index (χ2v) is 4.59. The summed E-state index contributed by atoms with van der Waals surface area (Å²) in [6.07, 6.45) is 0.806. The van der Waals surface area contributed by atoms with E-state index in [0.29, 0.717) is 24.3 Å². The van der Waals surface area contributed by atoms with Crippen molar-refractivity contribution >= 4 is 17.8 Å². The topological polar surface area (TPSA) is 93.7 Å². The predicted octanol–water partition coefficient (Wildman–Crippen LogP) is 0.619. The van der Waals surface area contributed by atoms with Crippen LogP contribution in [-0.2, 0) is 16.0 Å². The number of ether oxygens (including phenoxy) is 2. The van der Waals surface area contributed by atoms with Crippen LogP contribution in [0.1, 0.15) is 12.0 Å². The van der Waals surface area contributed by atoms with Gasteiger partial charge in [0.2, 0.25) is 11.8 Å². The Labute approximate surface area is 121 Å². The molecule has 1 aromatic rings. The molecule has 2 rings (SSSR count). The number of benzene rings is 1. The van der Waals surface area contributed by atoms with E-state index in [4.69, 9.17) is 9.47 Å². The Hall–Kier alpha value is -2.57. The lowest BCUT2D eigenvalue weighted by atomic mass is 9.96. The van der Waals surface area contributed by atoms with Crippen molar-refractivity contribution in [2.24, 2.45) is 5.92 Å². The van der Waals surface area contributed by atoms with Gasteiger partial charge in [-0.3, -0.25) is 20.2 Å². The quantitative estimate of drug-likeness (QED) is 0.776. The van der Waals surface area contributed by atoms with E-state index in [1.165, 1.54) is 7.11 Å². The normalized spacial score (nSPS) is 15.4. The number of urea groups is 1. The zero-order valence-corrected chi connectivity index (χ0v) is 11.8. The Kier molecular flexibility index (Phi) is 4.42. The summed E-state index contributed by atoms with van der Waals surface area (Å²) in [5.41, 5.74) is 0.908. The van der Waals surface area contributed by atoms with E-state index in [9.17, 15) is 14.4 Å². The molecule has 0 aromatic heterocycles. The molecule has 21 heavy (non-hydrogen) atoms. The molecule has 1 fully saturated rings. The maximum atomic E-state index is 11.6. The van der Waals surface area contributed by atoms with Crippen molar-refractivity contribution in [2.45, 2.75) is 12.8 Å². The number of carbonyl (C=O) groups excluding carboxylic acids is 3. The highest BCUT2D eigenvalue weighted by Crippen LogP contribution is 2.28. The third-order valence-corrected chi connectivity index (χ3v) is 3.28. The summed E-state index contributed by atoms with van der Waals surface area (Å²) in [7, 11) is 3.08. The molecule has 1 heterocycles. The molecule has 2 N–H and O–H groups in total. The van der Waals surface area contributed by atoms with Gasteiger partial charge >= 0.3 is 6.03 Å². The van der Waals surface area contributed by atoms with Crippen LogP contribution in [0, 0.1) is 5.92 Å². The first-order valence-corrected chi connectivity index (χ1v) is 6.41. The van der Waals surface area contributed by atoms with Gasteiger partial charge in [-0.15, -0.1) is 0 Å². The van der Waals surface area contributed by atoms with Crippen LogP contribution in [0.25, 0.3) is 0 Å². The average Bonchev–Trinajstić information content (AvgIpc) is 2.45. The molecule has 112 valence electrons. The molecule has 0 bridgehead atoms. The lowest BCUT2D eigenvalue weighted by Crippen LogP contribution is -2.55. The van der Waals surface area contributed by atoms with E-state index in [0.717, 1.165) is 5.56 Å². The lowest BCUT2D eigenvalue weighted by Gasteiger charge is -2.20. The van der Waals surface area contributed by atoms with E-state index in [-0.39, 0.29) is 0 Å². The molecule has 0 unspecified atom stereocenters. The fourth-order valence-corrected chi connectivity index (χ4v) is 2.16. The Morgan fingerprint density at radius 3 is 2.19 bits per heavy atom. The SMILES string of the molecule is COc1ccc(CCC2C(=O)NC(=O)NC2=O)cc1OC. The van der Waals surface area contributed by atoms with Gasteiger partial charge in [0, 0.05) is 0 Å². The van der Waals surface area contributed by atoms with Crippen LogP contribution in [0.5, 0.6) is 11.5 Å². The number of nitrogens with one attached hydrogen (secondary N) is 2. The molecule has 1 aliphatic rings. The smallest absolute Gasteiger partial charge is 0.328 e. The Morgan fingerprint density at radius 2 is 1.62 bits per heavy atom. The number of rotatable bonds is 5. The van der Waals surface area contributed by atoms with Crippen molar-refractivity contribution in [3.8, 4) is 11.5 Å². The van der Waals surface area contributed by atoms with Crippen LogP contribution in [0.2, 0.25) is 0 Å². The fraction of sp³-hybridized carbons (Fsp3) is 0.357. The summed E-state index contributed by atoms with van der Waals surface area (Å²) in [6, 6.07) is 4.62. The third-order valence-electron chi connectivity index (χ3n) is 3.28. The monoisotopic (exact) mass is 292 g/mol. The van der Waals surface area contributed by atoms with Gasteiger partial charge in [0.25, 0.3) is 0 Å². The molecule has 7 heteroatoms. The lowest BCUT2D eigenvalue weighted by molar-refractivity contribution is -0.136. The maximum absolute atomic E-state index is 11.6. The predicted molar refractivity (Wildman–Crippen MR) is 73.0 cm³/mol. The van der Waals surface area contributed by atoms with Crippen molar-refractivity contribution in [3.63, 3.8) is 0 Å². The van der Waals surface area contributed by atoms with Crippen LogP contribution in [-0.4, -0.2) is 32.1 Å². The van der Waals surface area contributed by atoms with Crippen molar-refractivity contribution in [3.05, 3.63) is 23.8 Å². The summed E-state index contributed by atoms with van der Waals surface area (Å²) in [5.74, 6) is -0.799. The molecule has 0 saturated carbocycles. The largest absolute Gasteiger partial charge is 0.493 e. The van der Waals surface area contributed by atoms with Crippen molar-refractivity contribution in [2.75, 3.05) is 14.2 Å². The number of hydrogen-bond donors (Lipinski definition) is 2. The van der Waals surface area contributed by atoms with Gasteiger partial charge in [0.05, 0.1) is 14.2 Å². The number of imide groups is 2. The Bertz CT molecular complexity index is 565. The second-order valence-electron chi connectivity index (χ2n) is 4.59. The molecular formula is C14H16N2O5. The minimum atomic E-state index is -0.865. The van der Waals surface area contributed by atoms with Gasteiger partial charge in [-0.1, -0.05) is 6.07 Å². The highest BCUT2D eigenvalue weighted by Gasteiger charge is 2.33. The number of aryl methyl sites for hydroxylation is 1. The van der Waals surface area contributed by atoms with E-state index < -0.39 is 23.8 Å². The minimum Gasteiger partial charge on any atom is -0.493 e. The van der Waals surface area contributed by atoms with E-state index in [2.05, 4.69) is 10.6 Å².